The van der Waals surface area contributed by atoms with E-state index in [0.29, 0.717) is 25.6 Å². The van der Waals surface area contributed by atoms with Crippen LogP contribution in [0.1, 0.15) is 68.7 Å². The molecule has 2 aromatic carbocycles. The highest BCUT2D eigenvalue weighted by Crippen LogP contribution is 2.41. The van der Waals surface area contributed by atoms with E-state index in [0.717, 1.165) is 31.5 Å². The van der Waals surface area contributed by atoms with Crippen LogP contribution in [0.2, 0.25) is 0 Å². The summed E-state index contributed by atoms with van der Waals surface area (Å²) in [7, 11) is 0. The molecule has 0 aliphatic carbocycles. The molecule has 2 aromatic rings. The van der Waals surface area contributed by atoms with E-state index in [9.17, 15) is 4.79 Å². The van der Waals surface area contributed by atoms with Gasteiger partial charge >= 0.3 is 6.03 Å². The number of aryl methyl sites for hydroxylation is 2. The molecule has 4 rings (SSSR count). The Kier molecular flexibility index (Phi) is 11.1. The molecule has 2 N–H and O–H groups in total. The molecule has 2 aliphatic rings. The van der Waals surface area contributed by atoms with E-state index < -0.39 is 5.79 Å². The number of primary amides is 1. The minimum Gasteiger partial charge on any atom is -0.368 e. The zero-order valence-electron chi connectivity index (χ0n) is 24.5. The quantitative estimate of drug-likeness (QED) is 0.424. The van der Waals surface area contributed by atoms with Gasteiger partial charge in [-0.15, -0.1) is 0 Å². The van der Waals surface area contributed by atoms with Gasteiger partial charge in [-0.1, -0.05) is 55.8 Å². The first-order valence-corrected chi connectivity index (χ1v) is 14.1. The van der Waals surface area contributed by atoms with Crippen LogP contribution in [0, 0.1) is 13.8 Å². The van der Waals surface area contributed by atoms with Crippen molar-refractivity contribution >= 4 is 17.9 Å². The number of hydrogen-bond donors (Lipinski definition) is 1. The van der Waals surface area contributed by atoms with E-state index in [1.807, 2.05) is 19.9 Å². The van der Waals surface area contributed by atoms with Crippen molar-refractivity contribution in [2.24, 2.45) is 10.7 Å². The number of nitrogens with zero attached hydrogens (tertiary/aromatic N) is 3. The first-order valence-electron chi connectivity index (χ1n) is 14.1. The van der Waals surface area contributed by atoms with Crippen LogP contribution in [0.25, 0.3) is 0 Å². The third-order valence-electron chi connectivity index (χ3n) is 7.54. The van der Waals surface area contributed by atoms with Gasteiger partial charge in [0, 0.05) is 56.3 Å². The second-order valence-corrected chi connectivity index (χ2v) is 10.4. The van der Waals surface area contributed by atoms with E-state index >= 15 is 0 Å². The predicted molar refractivity (Wildman–Crippen MR) is 161 cm³/mol. The van der Waals surface area contributed by atoms with Crippen molar-refractivity contribution in [1.29, 1.82) is 0 Å². The molecule has 3 unspecified atom stereocenters. The molecule has 2 heterocycles. The SMILES string of the molecule is CC=N/C=C\C.CCC1(c2ccc(C)cc2C)OCC(CC(C)c2ccc(N3CCN(C(N)=O)CC3)cc2)O1. The summed E-state index contributed by atoms with van der Waals surface area (Å²) in [5, 5.41) is 0. The number of urea groups is 1. The van der Waals surface area contributed by atoms with Crippen LogP contribution in [0.4, 0.5) is 10.5 Å². The highest BCUT2D eigenvalue weighted by Gasteiger charge is 2.42. The van der Waals surface area contributed by atoms with Gasteiger partial charge < -0.3 is 25.0 Å². The lowest BCUT2D eigenvalue weighted by atomic mass is 9.94. The molecule has 2 saturated heterocycles. The van der Waals surface area contributed by atoms with E-state index in [1.165, 1.54) is 22.4 Å². The predicted octanol–water partition coefficient (Wildman–Crippen LogP) is 6.29. The van der Waals surface area contributed by atoms with Gasteiger partial charge in [0.1, 0.15) is 0 Å². The van der Waals surface area contributed by atoms with Gasteiger partial charge in [0.2, 0.25) is 0 Å². The number of benzene rings is 2. The minimum atomic E-state index is -0.640. The summed E-state index contributed by atoms with van der Waals surface area (Å²) in [6, 6.07) is 15.0. The van der Waals surface area contributed by atoms with Crippen LogP contribution in [-0.4, -0.2) is 56.0 Å². The molecule has 39 heavy (non-hydrogen) atoms. The molecule has 0 spiro atoms. The number of nitrogens with two attached hydrogens (primary N) is 1. The molecule has 0 aromatic heterocycles. The van der Waals surface area contributed by atoms with E-state index in [4.69, 9.17) is 15.2 Å². The fraction of sp³-hybridized carbons (Fsp3) is 0.500. The third-order valence-corrected chi connectivity index (χ3v) is 7.54. The van der Waals surface area contributed by atoms with Gasteiger partial charge in [-0.2, -0.15) is 0 Å². The van der Waals surface area contributed by atoms with E-state index in [2.05, 4.69) is 80.1 Å². The molecular formula is C32H46N4O3. The van der Waals surface area contributed by atoms with Crippen molar-refractivity contribution < 1.29 is 14.3 Å². The average Bonchev–Trinajstić information content (AvgIpc) is 3.36. The number of hydrogen-bond acceptors (Lipinski definition) is 5. The molecule has 0 radical (unpaired) electrons. The molecule has 7 heteroatoms. The number of amides is 2. The highest BCUT2D eigenvalue weighted by atomic mass is 16.7. The Hall–Kier alpha value is -3.16. The Morgan fingerprint density at radius 3 is 2.36 bits per heavy atom. The number of piperazine rings is 1. The molecule has 3 atom stereocenters. The maximum Gasteiger partial charge on any atom is 0.314 e. The van der Waals surface area contributed by atoms with Crippen molar-refractivity contribution in [3.8, 4) is 0 Å². The zero-order chi connectivity index (χ0) is 28.4. The number of anilines is 1. The van der Waals surface area contributed by atoms with Gasteiger partial charge in [0.25, 0.3) is 0 Å². The molecule has 2 aliphatic heterocycles. The monoisotopic (exact) mass is 534 g/mol. The fourth-order valence-corrected chi connectivity index (χ4v) is 5.34. The number of rotatable bonds is 7. The summed E-state index contributed by atoms with van der Waals surface area (Å²) in [5.41, 5.74) is 11.5. The Morgan fingerprint density at radius 2 is 1.82 bits per heavy atom. The van der Waals surface area contributed by atoms with Crippen LogP contribution in [-0.2, 0) is 15.3 Å². The second-order valence-electron chi connectivity index (χ2n) is 10.4. The standard InChI is InChI=1S/C27H37N3O3.C5H9N/c1-5-27(25-11-6-19(2)16-21(25)4)32-18-24(33-27)17-20(3)22-7-9-23(10-8-22)29-12-14-30(15-13-29)26(28)31;1-3-5-6-4-2/h6-11,16,20,24H,5,12-15,17-18H2,1-4H3,(H2,28,31);3-5H,1-2H3/b;5-3-,6-4?. The summed E-state index contributed by atoms with van der Waals surface area (Å²) in [6.07, 6.45) is 7.17. The molecule has 7 nitrogen and oxygen atoms in total. The topological polar surface area (TPSA) is 80.4 Å². The van der Waals surface area contributed by atoms with Crippen LogP contribution < -0.4 is 10.6 Å². The lowest BCUT2D eigenvalue weighted by Crippen LogP contribution is -2.50. The number of ether oxygens (including phenoxy) is 2. The molecule has 2 fully saturated rings. The fourth-order valence-electron chi connectivity index (χ4n) is 5.34. The second kappa shape index (κ2) is 14.3. The Balaban J connectivity index is 0.000000631. The number of aliphatic imine (C=N–C) groups is 1. The average molecular weight is 535 g/mol. The molecular weight excluding hydrogens is 488 g/mol. The van der Waals surface area contributed by atoms with Crippen LogP contribution in [0.5, 0.6) is 0 Å². The summed E-state index contributed by atoms with van der Waals surface area (Å²) in [5.74, 6) is -0.273. The number of carbonyl (C=O) groups is 1. The van der Waals surface area contributed by atoms with Gasteiger partial charge in [-0.05, 0) is 63.3 Å². The maximum atomic E-state index is 11.3. The number of allylic oxidation sites excluding steroid dienone is 1. The maximum absolute atomic E-state index is 11.3. The van der Waals surface area contributed by atoms with Crippen LogP contribution >= 0.6 is 0 Å². The van der Waals surface area contributed by atoms with Crippen molar-refractivity contribution in [2.45, 2.75) is 72.2 Å². The van der Waals surface area contributed by atoms with Gasteiger partial charge in [0.15, 0.2) is 5.79 Å². The molecule has 0 saturated carbocycles. The van der Waals surface area contributed by atoms with Crippen molar-refractivity contribution in [3.63, 3.8) is 0 Å². The van der Waals surface area contributed by atoms with Gasteiger partial charge in [-0.3, -0.25) is 4.99 Å². The Labute approximate surface area is 234 Å². The zero-order valence-corrected chi connectivity index (χ0v) is 24.5. The largest absolute Gasteiger partial charge is 0.368 e. The normalized spacial score (nSPS) is 22.3. The number of carbonyl (C=O) groups excluding carboxylic acids is 1. The van der Waals surface area contributed by atoms with Gasteiger partial charge in [-0.25, -0.2) is 4.79 Å². The summed E-state index contributed by atoms with van der Waals surface area (Å²) >= 11 is 0. The lowest BCUT2D eigenvalue weighted by molar-refractivity contribution is -0.180. The highest BCUT2D eigenvalue weighted by molar-refractivity contribution is 5.72. The van der Waals surface area contributed by atoms with E-state index in [1.54, 1.807) is 17.3 Å². The molecule has 2 amide bonds. The minimum absolute atomic E-state index is 0.0715. The molecule has 0 bridgehead atoms. The summed E-state index contributed by atoms with van der Waals surface area (Å²) in [6.45, 7) is 16.0. The lowest BCUT2D eigenvalue weighted by Gasteiger charge is -2.35. The van der Waals surface area contributed by atoms with E-state index in [-0.39, 0.29) is 12.1 Å². The van der Waals surface area contributed by atoms with Crippen molar-refractivity contribution in [2.75, 3.05) is 37.7 Å². The Morgan fingerprint density at radius 1 is 1.13 bits per heavy atom. The first-order chi connectivity index (χ1) is 18.7. The Bertz CT molecular complexity index is 1110. The first kappa shape index (κ1) is 30.4. The van der Waals surface area contributed by atoms with Crippen molar-refractivity contribution in [3.05, 3.63) is 77.0 Å². The summed E-state index contributed by atoms with van der Waals surface area (Å²) in [4.78, 5) is 19.1. The van der Waals surface area contributed by atoms with Gasteiger partial charge in [0.05, 0.1) is 12.7 Å². The third kappa shape index (κ3) is 7.93. The van der Waals surface area contributed by atoms with Crippen LogP contribution in [0.15, 0.2) is 59.7 Å². The van der Waals surface area contributed by atoms with Crippen LogP contribution in [0.3, 0.4) is 0 Å². The summed E-state index contributed by atoms with van der Waals surface area (Å²) < 4.78 is 12.9. The molecule has 212 valence electrons. The van der Waals surface area contributed by atoms with Crippen molar-refractivity contribution in [1.82, 2.24) is 4.90 Å². The smallest absolute Gasteiger partial charge is 0.314 e.